The number of phenols is 1. The van der Waals surface area contributed by atoms with Crippen molar-refractivity contribution >= 4 is 0 Å². The van der Waals surface area contributed by atoms with Crippen LogP contribution in [0, 0.1) is 0 Å². The van der Waals surface area contributed by atoms with Crippen LogP contribution < -0.4 is 28.4 Å². The fraction of sp³-hybridized carbons (Fsp3) is 0.273. The van der Waals surface area contributed by atoms with Gasteiger partial charge in [0.05, 0.1) is 35.5 Å². The molecule has 7 nitrogen and oxygen atoms in total. The minimum atomic E-state index is 0.00968. The largest absolute Gasteiger partial charge is 0.504 e. The van der Waals surface area contributed by atoms with E-state index in [1.54, 1.807) is 34.5 Å². The zero-order chi connectivity index (χ0) is 28.5. The third kappa shape index (κ3) is 6.91. The Hall–Kier alpha value is -4.52. The normalized spacial score (nSPS) is 10.6. The van der Waals surface area contributed by atoms with Gasteiger partial charge in [0, 0.05) is 6.07 Å². The van der Waals surface area contributed by atoms with E-state index in [1.807, 2.05) is 60.7 Å². The molecular weight excluding hydrogens is 508 g/mol. The topological polar surface area (TPSA) is 75.6 Å². The molecule has 210 valence electrons. The fourth-order valence-corrected chi connectivity index (χ4v) is 4.58. The van der Waals surface area contributed by atoms with Crippen molar-refractivity contribution in [2.45, 2.75) is 25.7 Å². The van der Waals surface area contributed by atoms with Gasteiger partial charge in [-0.1, -0.05) is 24.3 Å². The fourth-order valence-electron chi connectivity index (χ4n) is 4.58. The average molecular weight is 545 g/mol. The second kappa shape index (κ2) is 13.5. The molecule has 1 N–H and O–H groups in total. The van der Waals surface area contributed by atoms with Crippen molar-refractivity contribution in [1.29, 1.82) is 0 Å². The molecule has 4 aromatic carbocycles. The molecule has 0 aliphatic heterocycles. The van der Waals surface area contributed by atoms with Crippen LogP contribution in [0.3, 0.4) is 0 Å². The van der Waals surface area contributed by atoms with Crippen LogP contribution in [0.2, 0.25) is 0 Å². The second-order valence-electron chi connectivity index (χ2n) is 9.26. The number of hydrogen-bond donors (Lipinski definition) is 1. The van der Waals surface area contributed by atoms with Crippen molar-refractivity contribution < 1.29 is 33.5 Å². The van der Waals surface area contributed by atoms with Crippen LogP contribution in [-0.2, 0) is 25.7 Å². The molecule has 0 aromatic heterocycles. The molecular formula is C33H36O7. The monoisotopic (exact) mass is 544 g/mol. The van der Waals surface area contributed by atoms with Crippen molar-refractivity contribution in [3.05, 3.63) is 95.1 Å². The number of hydrogen-bond acceptors (Lipinski definition) is 7. The van der Waals surface area contributed by atoms with Crippen molar-refractivity contribution in [3.63, 3.8) is 0 Å². The van der Waals surface area contributed by atoms with Gasteiger partial charge in [0.1, 0.15) is 17.2 Å². The van der Waals surface area contributed by atoms with Crippen molar-refractivity contribution in [3.8, 4) is 46.0 Å². The van der Waals surface area contributed by atoms with Gasteiger partial charge in [0.25, 0.3) is 0 Å². The molecule has 0 spiro atoms. The minimum absolute atomic E-state index is 0.00968. The summed E-state index contributed by atoms with van der Waals surface area (Å²) in [5.41, 5.74) is 4.18. The predicted octanol–water partition coefficient (Wildman–Crippen LogP) is 6.80. The summed E-state index contributed by atoms with van der Waals surface area (Å²) in [4.78, 5) is 0. The number of methoxy groups -OCH3 is 5. The van der Waals surface area contributed by atoms with E-state index in [2.05, 4.69) is 6.07 Å². The van der Waals surface area contributed by atoms with Crippen LogP contribution in [0.4, 0.5) is 0 Å². The summed E-state index contributed by atoms with van der Waals surface area (Å²) < 4.78 is 33.8. The van der Waals surface area contributed by atoms with Gasteiger partial charge < -0.3 is 33.5 Å². The molecule has 0 aliphatic rings. The van der Waals surface area contributed by atoms with E-state index in [1.165, 1.54) is 7.11 Å². The van der Waals surface area contributed by atoms with Gasteiger partial charge in [-0.2, -0.15) is 0 Å². The van der Waals surface area contributed by atoms with Gasteiger partial charge in [-0.3, -0.25) is 0 Å². The van der Waals surface area contributed by atoms with Gasteiger partial charge in [0.15, 0.2) is 23.0 Å². The predicted molar refractivity (Wildman–Crippen MR) is 155 cm³/mol. The van der Waals surface area contributed by atoms with Gasteiger partial charge in [-0.15, -0.1) is 0 Å². The lowest BCUT2D eigenvalue weighted by atomic mass is 10.0. The summed E-state index contributed by atoms with van der Waals surface area (Å²) in [5.74, 6) is 4.00. The molecule has 4 rings (SSSR count). The van der Waals surface area contributed by atoms with E-state index in [9.17, 15) is 5.11 Å². The first-order chi connectivity index (χ1) is 19.5. The summed E-state index contributed by atoms with van der Waals surface area (Å²) in [6.45, 7) is 0. The van der Waals surface area contributed by atoms with Crippen LogP contribution in [0.25, 0.3) is 0 Å². The van der Waals surface area contributed by atoms with E-state index in [0.29, 0.717) is 35.8 Å². The Kier molecular flexibility index (Phi) is 9.62. The minimum Gasteiger partial charge on any atom is -0.504 e. The second-order valence-corrected chi connectivity index (χ2v) is 9.26. The summed E-state index contributed by atoms with van der Waals surface area (Å²) in [5, 5.41) is 10.7. The number of ether oxygens (including phenoxy) is 6. The molecule has 0 heterocycles. The number of aromatic hydroxyl groups is 1. The zero-order valence-corrected chi connectivity index (χ0v) is 23.7. The summed E-state index contributed by atoms with van der Waals surface area (Å²) >= 11 is 0. The third-order valence-electron chi connectivity index (χ3n) is 6.76. The molecule has 7 heteroatoms. The standard InChI is InChI=1S/C33H36O7/c1-35-26-15-12-22(13-16-26)9-10-24-18-28(34)33(39-5)32(19-24)40-31-20-25(29(37-3)21-30(31)38-4)14-11-23-7-6-8-27(17-23)36-2/h6-8,12-13,15-21,34H,9-11,14H2,1-5H3. The van der Waals surface area contributed by atoms with Crippen LogP contribution in [0.1, 0.15) is 22.3 Å². The quantitative estimate of drug-likeness (QED) is 0.198. The van der Waals surface area contributed by atoms with E-state index in [-0.39, 0.29) is 11.5 Å². The molecule has 0 saturated carbocycles. The molecule has 4 aromatic rings. The molecule has 40 heavy (non-hydrogen) atoms. The SMILES string of the molecule is COc1ccc(CCc2cc(O)c(OC)c(Oc3cc(CCc4cccc(OC)c4)c(OC)cc3OC)c2)cc1. The lowest BCUT2D eigenvalue weighted by Gasteiger charge is -2.18. The Labute approximate surface area is 235 Å². The molecule has 0 aliphatic carbocycles. The molecule has 0 fully saturated rings. The number of benzene rings is 4. The summed E-state index contributed by atoms with van der Waals surface area (Å²) in [7, 11) is 8.03. The Morgan fingerprint density at radius 1 is 0.500 bits per heavy atom. The van der Waals surface area contributed by atoms with Gasteiger partial charge in [-0.05, 0) is 90.4 Å². The van der Waals surface area contributed by atoms with Crippen molar-refractivity contribution in [2.75, 3.05) is 35.5 Å². The average Bonchev–Trinajstić information content (AvgIpc) is 2.99. The third-order valence-corrected chi connectivity index (χ3v) is 6.76. The molecule has 0 bridgehead atoms. The summed E-state index contributed by atoms with van der Waals surface area (Å²) in [6, 6.07) is 23.3. The highest BCUT2D eigenvalue weighted by atomic mass is 16.5. The Bertz CT molecular complexity index is 1410. The maximum absolute atomic E-state index is 10.7. The van der Waals surface area contributed by atoms with E-state index >= 15 is 0 Å². The molecule has 0 radical (unpaired) electrons. The van der Waals surface area contributed by atoms with Crippen LogP contribution in [0.15, 0.2) is 72.8 Å². The Morgan fingerprint density at radius 2 is 1.20 bits per heavy atom. The van der Waals surface area contributed by atoms with Gasteiger partial charge in [-0.25, -0.2) is 0 Å². The lowest BCUT2D eigenvalue weighted by molar-refractivity contribution is 0.335. The van der Waals surface area contributed by atoms with Gasteiger partial charge in [0.2, 0.25) is 5.75 Å². The highest BCUT2D eigenvalue weighted by molar-refractivity contribution is 5.58. The van der Waals surface area contributed by atoms with Gasteiger partial charge >= 0.3 is 0 Å². The molecule has 0 amide bonds. The number of aryl methyl sites for hydroxylation is 4. The maximum Gasteiger partial charge on any atom is 0.203 e. The van der Waals surface area contributed by atoms with E-state index < -0.39 is 0 Å². The van der Waals surface area contributed by atoms with Crippen molar-refractivity contribution in [2.24, 2.45) is 0 Å². The van der Waals surface area contributed by atoms with Crippen molar-refractivity contribution in [1.82, 2.24) is 0 Å². The van der Waals surface area contributed by atoms with E-state index in [0.717, 1.165) is 46.6 Å². The first-order valence-electron chi connectivity index (χ1n) is 13.1. The van der Waals surface area contributed by atoms with Crippen LogP contribution in [-0.4, -0.2) is 40.7 Å². The van der Waals surface area contributed by atoms with Crippen LogP contribution in [0.5, 0.6) is 46.0 Å². The first kappa shape index (κ1) is 28.5. The number of rotatable bonds is 13. The van der Waals surface area contributed by atoms with E-state index in [4.69, 9.17) is 28.4 Å². The molecule has 0 saturated heterocycles. The lowest BCUT2D eigenvalue weighted by Crippen LogP contribution is -2.00. The highest BCUT2D eigenvalue weighted by Gasteiger charge is 2.18. The maximum atomic E-state index is 10.7. The Balaban J connectivity index is 1.59. The zero-order valence-electron chi connectivity index (χ0n) is 23.7. The molecule has 0 atom stereocenters. The number of phenolic OH excluding ortho intramolecular Hbond substituents is 1. The van der Waals surface area contributed by atoms with Crippen LogP contribution >= 0.6 is 0 Å². The Morgan fingerprint density at radius 3 is 1.88 bits per heavy atom. The molecule has 0 unspecified atom stereocenters. The summed E-state index contributed by atoms with van der Waals surface area (Å²) in [6.07, 6.45) is 2.98. The smallest absolute Gasteiger partial charge is 0.203 e. The highest BCUT2D eigenvalue weighted by Crippen LogP contribution is 2.44. The first-order valence-corrected chi connectivity index (χ1v) is 13.1.